The number of ether oxygens (including phenoxy) is 1. The molecule has 1 aliphatic rings. The molecule has 1 saturated carbocycles. The number of hydrogen-bond donors (Lipinski definition) is 1. The number of rotatable bonds is 5. The number of nitro benzene ring substituents is 1. The molecule has 23 heavy (non-hydrogen) atoms. The van der Waals surface area contributed by atoms with Gasteiger partial charge in [-0.25, -0.2) is 0 Å². The van der Waals surface area contributed by atoms with Crippen LogP contribution in [0.4, 0.5) is 5.69 Å². The van der Waals surface area contributed by atoms with Gasteiger partial charge in [0.25, 0.3) is 5.91 Å². The van der Waals surface area contributed by atoms with Gasteiger partial charge in [-0.05, 0) is 30.4 Å². The van der Waals surface area contributed by atoms with Crippen molar-refractivity contribution < 1.29 is 14.5 Å². The zero-order chi connectivity index (χ0) is 17.0. The second-order valence-corrected chi connectivity index (χ2v) is 6.54. The lowest BCUT2D eigenvalue weighted by molar-refractivity contribution is -0.385. The van der Waals surface area contributed by atoms with Crippen LogP contribution in [0.5, 0.6) is 5.75 Å². The van der Waals surface area contributed by atoms with Crippen LogP contribution in [0.15, 0.2) is 18.2 Å². The first-order chi connectivity index (χ1) is 10.9. The van der Waals surface area contributed by atoms with Crippen molar-refractivity contribution >= 4 is 23.2 Å². The molecule has 0 aromatic heterocycles. The van der Waals surface area contributed by atoms with Gasteiger partial charge in [0.15, 0.2) is 12.4 Å². The monoisotopic (exact) mass is 340 g/mol. The maximum Gasteiger partial charge on any atom is 0.312 e. The lowest BCUT2D eigenvalue weighted by Crippen LogP contribution is -2.45. The fraction of sp³-hybridized carbons (Fsp3) is 0.562. The summed E-state index contributed by atoms with van der Waals surface area (Å²) in [5.41, 5.74) is -0.245. The van der Waals surface area contributed by atoms with E-state index in [1.54, 1.807) is 0 Å². The van der Waals surface area contributed by atoms with Crippen LogP contribution in [0.3, 0.4) is 0 Å². The normalized spacial score (nSPS) is 24.0. The van der Waals surface area contributed by atoms with Crippen molar-refractivity contribution in [2.45, 2.75) is 39.2 Å². The van der Waals surface area contributed by atoms with Crippen LogP contribution >= 0.6 is 11.6 Å². The largest absolute Gasteiger partial charge is 0.477 e. The zero-order valence-corrected chi connectivity index (χ0v) is 14.0. The van der Waals surface area contributed by atoms with E-state index in [1.807, 2.05) is 0 Å². The molecule has 0 spiro atoms. The molecule has 1 aromatic carbocycles. The summed E-state index contributed by atoms with van der Waals surface area (Å²) in [6, 6.07) is 4.24. The Labute approximate surface area is 140 Å². The molecule has 0 unspecified atom stereocenters. The highest BCUT2D eigenvalue weighted by atomic mass is 35.5. The van der Waals surface area contributed by atoms with Gasteiger partial charge >= 0.3 is 5.69 Å². The Balaban J connectivity index is 1.93. The smallest absolute Gasteiger partial charge is 0.312 e. The van der Waals surface area contributed by atoms with Gasteiger partial charge < -0.3 is 10.1 Å². The average Bonchev–Trinajstić information content (AvgIpc) is 2.50. The summed E-state index contributed by atoms with van der Waals surface area (Å²) in [7, 11) is 0. The molecule has 3 atom stereocenters. The molecule has 1 fully saturated rings. The number of carbonyl (C=O) groups excluding carboxylic acids is 1. The molecule has 2 rings (SSSR count). The summed E-state index contributed by atoms with van der Waals surface area (Å²) in [5.74, 6) is 0.768. The molecule has 0 radical (unpaired) electrons. The van der Waals surface area contributed by atoms with Gasteiger partial charge in [0.05, 0.1) is 4.92 Å². The summed E-state index contributed by atoms with van der Waals surface area (Å²) < 4.78 is 5.31. The van der Waals surface area contributed by atoms with E-state index in [4.69, 9.17) is 16.3 Å². The molecule has 0 aliphatic heterocycles. The van der Waals surface area contributed by atoms with Crippen molar-refractivity contribution in [3.8, 4) is 5.75 Å². The van der Waals surface area contributed by atoms with Crippen LogP contribution in [0.1, 0.15) is 33.1 Å². The summed E-state index contributed by atoms with van der Waals surface area (Å²) in [5, 5.41) is 14.2. The van der Waals surface area contributed by atoms with E-state index in [2.05, 4.69) is 19.2 Å². The van der Waals surface area contributed by atoms with Crippen molar-refractivity contribution in [2.24, 2.45) is 11.8 Å². The van der Waals surface area contributed by atoms with Gasteiger partial charge in [-0.15, -0.1) is 0 Å². The van der Waals surface area contributed by atoms with Crippen LogP contribution in [0.25, 0.3) is 0 Å². The lowest BCUT2D eigenvalue weighted by Gasteiger charge is -2.34. The first-order valence-electron chi connectivity index (χ1n) is 7.74. The minimum absolute atomic E-state index is 0.0413. The van der Waals surface area contributed by atoms with Gasteiger partial charge in [0.2, 0.25) is 0 Å². The summed E-state index contributed by atoms with van der Waals surface area (Å²) >= 11 is 5.74. The number of nitrogens with one attached hydrogen (secondary N) is 1. The van der Waals surface area contributed by atoms with Crippen LogP contribution in [-0.2, 0) is 4.79 Å². The lowest BCUT2D eigenvalue weighted by atomic mass is 9.78. The van der Waals surface area contributed by atoms with Crippen LogP contribution in [-0.4, -0.2) is 23.5 Å². The standard InChI is InChI=1S/C16H21ClN2O4/c1-10-4-3-5-13(11(10)2)18-16(20)9-23-15-7-6-12(17)8-14(15)19(21)22/h6-8,10-11,13H,3-5,9H2,1-2H3,(H,18,20)/t10-,11+,13+/m1/s1. The average molecular weight is 341 g/mol. The van der Waals surface area contributed by atoms with Crippen molar-refractivity contribution in [3.05, 3.63) is 33.3 Å². The Morgan fingerprint density at radius 3 is 2.87 bits per heavy atom. The number of halogens is 1. The number of hydrogen-bond acceptors (Lipinski definition) is 4. The minimum Gasteiger partial charge on any atom is -0.477 e. The first kappa shape index (κ1) is 17.5. The Bertz CT molecular complexity index is 593. The van der Waals surface area contributed by atoms with E-state index in [1.165, 1.54) is 24.6 Å². The fourth-order valence-corrected chi connectivity index (χ4v) is 3.10. The molecule has 0 saturated heterocycles. The van der Waals surface area contributed by atoms with Crippen LogP contribution < -0.4 is 10.1 Å². The minimum atomic E-state index is -0.579. The number of nitrogens with zero attached hydrogens (tertiary/aromatic N) is 1. The number of benzene rings is 1. The third-order valence-corrected chi connectivity index (χ3v) is 4.76. The molecule has 1 aliphatic carbocycles. The molecule has 1 aromatic rings. The molecule has 6 nitrogen and oxygen atoms in total. The maximum absolute atomic E-state index is 12.1. The molecule has 126 valence electrons. The summed E-state index contributed by atoms with van der Waals surface area (Å²) in [6.07, 6.45) is 3.24. The molecular weight excluding hydrogens is 320 g/mol. The topological polar surface area (TPSA) is 81.5 Å². The van der Waals surface area contributed by atoms with Crippen molar-refractivity contribution in [1.29, 1.82) is 0 Å². The molecule has 1 amide bonds. The Morgan fingerprint density at radius 2 is 2.17 bits per heavy atom. The van der Waals surface area contributed by atoms with E-state index in [0.717, 1.165) is 12.8 Å². The van der Waals surface area contributed by atoms with E-state index < -0.39 is 4.92 Å². The van der Waals surface area contributed by atoms with Crippen LogP contribution in [0.2, 0.25) is 5.02 Å². The van der Waals surface area contributed by atoms with Crippen molar-refractivity contribution in [2.75, 3.05) is 6.61 Å². The van der Waals surface area contributed by atoms with Crippen molar-refractivity contribution in [3.63, 3.8) is 0 Å². The van der Waals surface area contributed by atoms with Gasteiger partial charge in [0, 0.05) is 17.1 Å². The van der Waals surface area contributed by atoms with Gasteiger partial charge in [-0.2, -0.15) is 0 Å². The van der Waals surface area contributed by atoms with Crippen molar-refractivity contribution in [1.82, 2.24) is 5.32 Å². The van der Waals surface area contributed by atoms with E-state index in [9.17, 15) is 14.9 Å². The molecule has 0 heterocycles. The number of nitro groups is 1. The predicted octanol–water partition coefficient (Wildman–Crippen LogP) is 3.57. The zero-order valence-electron chi connectivity index (χ0n) is 13.3. The van der Waals surface area contributed by atoms with E-state index in [0.29, 0.717) is 11.8 Å². The Kier molecular flexibility index (Phi) is 5.82. The number of carbonyl (C=O) groups is 1. The van der Waals surface area contributed by atoms with E-state index >= 15 is 0 Å². The SMILES string of the molecule is C[C@H]1[C@H](C)CCC[C@@H]1NC(=O)COc1ccc(Cl)cc1[N+](=O)[O-]. The second-order valence-electron chi connectivity index (χ2n) is 6.10. The Morgan fingerprint density at radius 1 is 1.43 bits per heavy atom. The van der Waals surface area contributed by atoms with Crippen LogP contribution in [0, 0.1) is 22.0 Å². The van der Waals surface area contributed by atoms with Gasteiger partial charge in [-0.1, -0.05) is 38.3 Å². The highest BCUT2D eigenvalue weighted by Crippen LogP contribution is 2.31. The summed E-state index contributed by atoms with van der Waals surface area (Å²) in [4.78, 5) is 22.5. The highest BCUT2D eigenvalue weighted by molar-refractivity contribution is 6.30. The highest BCUT2D eigenvalue weighted by Gasteiger charge is 2.28. The predicted molar refractivity (Wildman–Crippen MR) is 87.7 cm³/mol. The van der Waals surface area contributed by atoms with Gasteiger partial charge in [0.1, 0.15) is 0 Å². The molecule has 1 N–H and O–H groups in total. The van der Waals surface area contributed by atoms with Gasteiger partial charge in [-0.3, -0.25) is 14.9 Å². The Hall–Kier alpha value is -1.82. The molecule has 0 bridgehead atoms. The first-order valence-corrected chi connectivity index (χ1v) is 8.12. The fourth-order valence-electron chi connectivity index (χ4n) is 2.93. The maximum atomic E-state index is 12.1. The molecular formula is C16H21ClN2O4. The second kappa shape index (κ2) is 7.64. The third-order valence-electron chi connectivity index (χ3n) is 4.53. The third kappa shape index (κ3) is 4.58. The number of amides is 1. The van der Waals surface area contributed by atoms with E-state index in [-0.39, 0.29) is 35.0 Å². The quantitative estimate of drug-likeness (QED) is 0.656. The molecule has 7 heteroatoms. The summed E-state index contributed by atoms with van der Waals surface area (Å²) in [6.45, 7) is 4.08.